The number of fused-ring (bicyclic) bond motifs is 1. The van der Waals surface area contributed by atoms with E-state index >= 15 is 0 Å². The van der Waals surface area contributed by atoms with Crippen molar-refractivity contribution < 1.29 is 4.79 Å². The first-order chi connectivity index (χ1) is 16.2. The average molecular weight is 472 g/mol. The summed E-state index contributed by atoms with van der Waals surface area (Å²) in [6.07, 6.45) is 0. The summed E-state index contributed by atoms with van der Waals surface area (Å²) in [7, 11) is 0. The van der Waals surface area contributed by atoms with E-state index in [2.05, 4.69) is 75.2 Å². The number of anilines is 1. The van der Waals surface area contributed by atoms with Gasteiger partial charge in [0.25, 0.3) is 0 Å². The van der Waals surface area contributed by atoms with Crippen molar-refractivity contribution >= 4 is 45.6 Å². The monoisotopic (exact) mass is 471 g/mol. The van der Waals surface area contributed by atoms with E-state index in [1.807, 2.05) is 24.3 Å². The highest BCUT2D eigenvalue weighted by Crippen LogP contribution is 2.37. The maximum absolute atomic E-state index is 12.7. The van der Waals surface area contributed by atoms with Gasteiger partial charge in [0, 0.05) is 29.6 Å². The molecule has 33 heavy (non-hydrogen) atoms. The number of carbonyl (C=O) groups excluding carboxylic acids is 1. The molecule has 0 radical (unpaired) electrons. The lowest BCUT2D eigenvalue weighted by Crippen LogP contribution is -2.28. The number of aromatic nitrogens is 1. The molecular formula is C27H22ClN3OS. The predicted molar refractivity (Wildman–Crippen MR) is 138 cm³/mol. The van der Waals surface area contributed by atoms with E-state index in [0.29, 0.717) is 17.3 Å². The van der Waals surface area contributed by atoms with Crippen LogP contribution < -0.4 is 10.6 Å². The van der Waals surface area contributed by atoms with Gasteiger partial charge in [-0.2, -0.15) is 0 Å². The Bertz CT molecular complexity index is 1390. The van der Waals surface area contributed by atoms with E-state index < -0.39 is 0 Å². The van der Waals surface area contributed by atoms with Crippen molar-refractivity contribution in [3.8, 4) is 10.6 Å². The van der Waals surface area contributed by atoms with Crippen LogP contribution in [-0.4, -0.2) is 10.6 Å². The minimum Gasteiger partial charge on any atom is -0.335 e. The van der Waals surface area contributed by atoms with Gasteiger partial charge >= 0.3 is 6.03 Å². The highest BCUT2D eigenvalue weighted by Gasteiger charge is 2.20. The van der Waals surface area contributed by atoms with Crippen molar-refractivity contribution in [2.75, 3.05) is 5.32 Å². The Kier molecular flexibility index (Phi) is 6.15. The van der Waals surface area contributed by atoms with Gasteiger partial charge in [0.15, 0.2) is 0 Å². The number of para-hydroxylation sites is 2. The molecule has 0 atom stereocenters. The lowest BCUT2D eigenvalue weighted by molar-refractivity contribution is 0.252. The normalized spacial score (nSPS) is 10.9. The maximum Gasteiger partial charge on any atom is 0.319 e. The van der Waals surface area contributed by atoms with Gasteiger partial charge < -0.3 is 15.2 Å². The zero-order valence-electron chi connectivity index (χ0n) is 17.8. The van der Waals surface area contributed by atoms with Crippen molar-refractivity contribution in [3.05, 3.63) is 113 Å². The summed E-state index contributed by atoms with van der Waals surface area (Å²) < 4.78 is 2.35. The summed E-state index contributed by atoms with van der Waals surface area (Å²) in [5.41, 5.74) is 5.19. The largest absolute Gasteiger partial charge is 0.335 e. The molecule has 3 aromatic carbocycles. The van der Waals surface area contributed by atoms with Crippen LogP contribution in [0.4, 0.5) is 10.5 Å². The summed E-state index contributed by atoms with van der Waals surface area (Å²) in [6, 6.07) is 29.9. The second-order valence-corrected chi connectivity index (χ2v) is 9.04. The van der Waals surface area contributed by atoms with Crippen LogP contribution in [0.2, 0.25) is 5.02 Å². The molecule has 0 unspecified atom stereocenters. The smallest absolute Gasteiger partial charge is 0.319 e. The minimum atomic E-state index is -0.292. The van der Waals surface area contributed by atoms with Gasteiger partial charge in [0.1, 0.15) is 0 Å². The molecule has 0 spiro atoms. The molecule has 0 aliphatic carbocycles. The Hall–Kier alpha value is -3.54. The van der Waals surface area contributed by atoms with Gasteiger partial charge in [0.05, 0.1) is 21.3 Å². The third-order valence-electron chi connectivity index (χ3n) is 5.56. The highest BCUT2D eigenvalue weighted by atomic mass is 35.5. The van der Waals surface area contributed by atoms with Gasteiger partial charge in [-0.25, -0.2) is 4.79 Å². The number of hydrogen-bond acceptors (Lipinski definition) is 2. The van der Waals surface area contributed by atoms with Crippen molar-refractivity contribution in [1.82, 2.24) is 9.88 Å². The van der Waals surface area contributed by atoms with Gasteiger partial charge in [0.2, 0.25) is 0 Å². The Labute approximate surface area is 201 Å². The van der Waals surface area contributed by atoms with Crippen LogP contribution in [0.5, 0.6) is 0 Å². The molecule has 0 saturated heterocycles. The lowest BCUT2D eigenvalue weighted by atomic mass is 10.1. The Morgan fingerprint density at radius 1 is 0.879 bits per heavy atom. The number of carbonyl (C=O) groups is 1. The lowest BCUT2D eigenvalue weighted by Gasteiger charge is -2.13. The Morgan fingerprint density at radius 3 is 2.42 bits per heavy atom. The van der Waals surface area contributed by atoms with Crippen molar-refractivity contribution in [2.45, 2.75) is 13.1 Å². The van der Waals surface area contributed by atoms with Crippen LogP contribution >= 0.6 is 22.9 Å². The summed E-state index contributed by atoms with van der Waals surface area (Å²) in [5, 5.41) is 9.60. The van der Waals surface area contributed by atoms with Crippen molar-refractivity contribution in [3.63, 3.8) is 0 Å². The second-order valence-electron chi connectivity index (χ2n) is 7.68. The standard InChI is InChI=1S/C27H22ClN3OS/c28-22-12-5-6-13-23(22)30-27(32)29-17-21-20-11-4-7-14-24(20)31(18-19-9-2-1-3-10-19)26(21)25-15-8-16-33-25/h1-16H,17-18H2,(H2,29,30,32). The molecule has 2 N–H and O–H groups in total. The first kappa shape index (κ1) is 21.3. The zero-order valence-corrected chi connectivity index (χ0v) is 19.4. The van der Waals surface area contributed by atoms with Gasteiger partial charge in [-0.3, -0.25) is 0 Å². The highest BCUT2D eigenvalue weighted by molar-refractivity contribution is 7.13. The van der Waals surface area contributed by atoms with Crippen LogP contribution in [0.3, 0.4) is 0 Å². The Morgan fingerprint density at radius 2 is 1.64 bits per heavy atom. The minimum absolute atomic E-state index is 0.292. The van der Waals surface area contributed by atoms with E-state index in [0.717, 1.165) is 28.7 Å². The second kappa shape index (κ2) is 9.53. The number of nitrogens with zero attached hydrogens (tertiary/aromatic N) is 1. The third-order valence-corrected chi connectivity index (χ3v) is 6.77. The fourth-order valence-electron chi connectivity index (χ4n) is 4.08. The molecule has 164 valence electrons. The number of rotatable bonds is 6. The number of amides is 2. The number of thiophene rings is 1. The van der Waals surface area contributed by atoms with Crippen LogP contribution in [0.25, 0.3) is 21.5 Å². The third kappa shape index (κ3) is 4.51. The van der Waals surface area contributed by atoms with E-state index in [1.54, 1.807) is 23.5 Å². The van der Waals surface area contributed by atoms with E-state index in [1.165, 1.54) is 10.4 Å². The van der Waals surface area contributed by atoms with Gasteiger partial charge in [-0.15, -0.1) is 11.3 Å². The number of benzene rings is 3. The molecule has 5 aromatic rings. The molecule has 5 rings (SSSR count). The molecule has 0 aliphatic rings. The number of urea groups is 1. The topological polar surface area (TPSA) is 46.1 Å². The van der Waals surface area contributed by atoms with E-state index in [-0.39, 0.29) is 6.03 Å². The molecule has 0 saturated carbocycles. The van der Waals surface area contributed by atoms with Gasteiger partial charge in [-0.05, 0) is 35.2 Å². The summed E-state index contributed by atoms with van der Waals surface area (Å²) >= 11 is 7.89. The molecule has 0 aliphatic heterocycles. The summed E-state index contributed by atoms with van der Waals surface area (Å²) in [5.74, 6) is 0. The number of hydrogen-bond donors (Lipinski definition) is 2. The van der Waals surface area contributed by atoms with Crippen LogP contribution in [-0.2, 0) is 13.1 Å². The van der Waals surface area contributed by atoms with Crippen molar-refractivity contribution in [1.29, 1.82) is 0 Å². The van der Waals surface area contributed by atoms with Crippen LogP contribution in [0.15, 0.2) is 96.4 Å². The fraction of sp³-hybridized carbons (Fsp3) is 0.0741. The van der Waals surface area contributed by atoms with Crippen molar-refractivity contribution in [2.24, 2.45) is 0 Å². The molecule has 0 fully saturated rings. The van der Waals surface area contributed by atoms with Crippen LogP contribution in [0.1, 0.15) is 11.1 Å². The molecule has 6 heteroatoms. The first-order valence-electron chi connectivity index (χ1n) is 10.7. The molecule has 2 amide bonds. The number of halogens is 1. The van der Waals surface area contributed by atoms with E-state index in [9.17, 15) is 4.79 Å². The quantitative estimate of drug-likeness (QED) is 0.266. The number of nitrogens with one attached hydrogen (secondary N) is 2. The van der Waals surface area contributed by atoms with Crippen LogP contribution in [0, 0.1) is 0 Å². The molecule has 4 nitrogen and oxygen atoms in total. The molecular weight excluding hydrogens is 450 g/mol. The molecule has 2 heterocycles. The summed E-state index contributed by atoms with van der Waals surface area (Å²) in [4.78, 5) is 13.9. The summed E-state index contributed by atoms with van der Waals surface area (Å²) in [6.45, 7) is 1.15. The maximum atomic E-state index is 12.7. The van der Waals surface area contributed by atoms with E-state index in [4.69, 9.17) is 11.6 Å². The molecule has 0 bridgehead atoms. The first-order valence-corrected chi connectivity index (χ1v) is 11.9. The molecule has 2 aromatic heterocycles. The SMILES string of the molecule is O=C(NCc1c(-c2cccs2)n(Cc2ccccc2)c2ccccc12)Nc1ccccc1Cl. The predicted octanol–water partition coefficient (Wildman–Crippen LogP) is 7.39. The average Bonchev–Trinajstić information content (AvgIpc) is 3.47. The fourth-order valence-corrected chi connectivity index (χ4v) is 5.07. The Balaban J connectivity index is 1.52. The van der Waals surface area contributed by atoms with Gasteiger partial charge in [-0.1, -0.05) is 78.3 Å². The zero-order chi connectivity index (χ0) is 22.6.